The average Bonchev–Trinajstić information content (AvgIpc) is 2.67. The van der Waals surface area contributed by atoms with Gasteiger partial charge in [0.25, 0.3) is 0 Å². The van der Waals surface area contributed by atoms with Gasteiger partial charge in [-0.15, -0.1) is 0 Å². The van der Waals surface area contributed by atoms with E-state index in [0.717, 1.165) is 29.9 Å². The second kappa shape index (κ2) is 9.09. The molecule has 0 aliphatic rings. The first-order chi connectivity index (χ1) is 13.1. The molecule has 140 valence electrons. The predicted molar refractivity (Wildman–Crippen MR) is 108 cm³/mol. The van der Waals surface area contributed by atoms with Gasteiger partial charge in [-0.3, -0.25) is 0 Å². The number of hydrogen-bond acceptors (Lipinski definition) is 5. The van der Waals surface area contributed by atoms with Crippen molar-refractivity contribution in [2.45, 2.75) is 6.54 Å². The summed E-state index contributed by atoms with van der Waals surface area (Å²) in [5.41, 5.74) is 2.71. The minimum absolute atomic E-state index is 0.243. The minimum atomic E-state index is -0.243. The monoisotopic (exact) mass is 365 g/mol. The zero-order valence-corrected chi connectivity index (χ0v) is 15.6. The van der Waals surface area contributed by atoms with Gasteiger partial charge in [0.05, 0.1) is 5.69 Å². The highest BCUT2D eigenvalue weighted by Gasteiger charge is 2.07. The Bertz CT molecular complexity index is 867. The van der Waals surface area contributed by atoms with Crippen molar-refractivity contribution in [1.29, 1.82) is 0 Å². The van der Waals surface area contributed by atoms with Crippen molar-refractivity contribution in [1.82, 2.24) is 14.9 Å². The molecule has 0 aliphatic heterocycles. The van der Waals surface area contributed by atoms with Crippen LogP contribution in [0.25, 0.3) is 11.3 Å². The first kappa shape index (κ1) is 18.8. The fourth-order valence-corrected chi connectivity index (χ4v) is 2.60. The molecule has 0 aliphatic carbocycles. The molecule has 2 N–H and O–H groups in total. The van der Waals surface area contributed by atoms with Gasteiger partial charge in [0.2, 0.25) is 5.95 Å². The van der Waals surface area contributed by atoms with E-state index in [4.69, 9.17) is 0 Å². The van der Waals surface area contributed by atoms with Gasteiger partial charge in [-0.2, -0.15) is 4.98 Å². The van der Waals surface area contributed by atoms with E-state index in [9.17, 15) is 4.39 Å². The van der Waals surface area contributed by atoms with E-state index in [-0.39, 0.29) is 5.82 Å². The molecule has 3 aromatic rings. The van der Waals surface area contributed by atoms with Gasteiger partial charge >= 0.3 is 0 Å². The number of hydrogen-bond donors (Lipinski definition) is 2. The second-order valence-corrected chi connectivity index (χ2v) is 6.54. The Balaban J connectivity index is 1.80. The van der Waals surface area contributed by atoms with Crippen molar-refractivity contribution in [3.8, 4) is 11.3 Å². The predicted octanol–water partition coefficient (Wildman–Crippen LogP) is 3.87. The van der Waals surface area contributed by atoms with E-state index >= 15 is 0 Å². The standard InChI is InChI=1S/C21H24FN5/c1-27(2)12-11-23-21-25-19(17-8-4-3-5-9-17)14-20(26-21)24-15-16-7-6-10-18(22)13-16/h3-10,13-14H,11-12,15H2,1-2H3,(H2,23,24,25,26). The number of benzene rings is 2. The molecule has 0 saturated heterocycles. The van der Waals surface area contributed by atoms with Crippen LogP contribution in [-0.2, 0) is 6.54 Å². The third-order valence-electron chi connectivity index (χ3n) is 4.00. The molecule has 3 rings (SSSR count). The lowest BCUT2D eigenvalue weighted by Gasteiger charge is -2.13. The number of rotatable bonds is 8. The van der Waals surface area contributed by atoms with Crippen molar-refractivity contribution in [3.63, 3.8) is 0 Å². The summed E-state index contributed by atoms with van der Waals surface area (Å²) in [5, 5.41) is 6.54. The fraction of sp³-hybridized carbons (Fsp3) is 0.238. The van der Waals surface area contributed by atoms with Crippen LogP contribution in [0.15, 0.2) is 60.7 Å². The molecule has 0 bridgehead atoms. The number of nitrogens with one attached hydrogen (secondary N) is 2. The van der Waals surface area contributed by atoms with Crippen molar-refractivity contribution in [2.24, 2.45) is 0 Å². The van der Waals surface area contributed by atoms with Gasteiger partial charge in [-0.25, -0.2) is 9.37 Å². The fourth-order valence-electron chi connectivity index (χ4n) is 2.60. The van der Waals surface area contributed by atoms with Crippen molar-refractivity contribution >= 4 is 11.8 Å². The molecule has 0 saturated carbocycles. The molecule has 6 heteroatoms. The highest BCUT2D eigenvalue weighted by atomic mass is 19.1. The molecule has 1 heterocycles. The van der Waals surface area contributed by atoms with Crippen LogP contribution in [0.4, 0.5) is 16.2 Å². The van der Waals surface area contributed by atoms with Crippen LogP contribution in [0.1, 0.15) is 5.56 Å². The second-order valence-electron chi connectivity index (χ2n) is 6.54. The molecule has 0 spiro atoms. The smallest absolute Gasteiger partial charge is 0.225 e. The lowest BCUT2D eigenvalue weighted by molar-refractivity contribution is 0.425. The molecule has 0 unspecified atom stereocenters. The lowest BCUT2D eigenvalue weighted by Crippen LogP contribution is -2.21. The van der Waals surface area contributed by atoms with Crippen LogP contribution in [-0.4, -0.2) is 42.1 Å². The average molecular weight is 365 g/mol. The Kier molecular flexibility index (Phi) is 6.33. The molecular weight excluding hydrogens is 341 g/mol. The van der Waals surface area contributed by atoms with E-state index in [1.807, 2.05) is 56.6 Å². The normalized spacial score (nSPS) is 10.8. The summed E-state index contributed by atoms with van der Waals surface area (Å²) in [5.74, 6) is 1.02. The molecule has 2 aromatic carbocycles. The Morgan fingerprint density at radius 2 is 1.74 bits per heavy atom. The highest BCUT2D eigenvalue weighted by Crippen LogP contribution is 2.21. The number of nitrogens with zero attached hydrogens (tertiary/aromatic N) is 3. The van der Waals surface area contributed by atoms with E-state index in [0.29, 0.717) is 18.3 Å². The van der Waals surface area contributed by atoms with Gasteiger partial charge in [-0.1, -0.05) is 42.5 Å². The zero-order chi connectivity index (χ0) is 19.1. The van der Waals surface area contributed by atoms with E-state index in [1.165, 1.54) is 12.1 Å². The number of likely N-dealkylation sites (N-methyl/N-ethyl adjacent to an activating group) is 1. The largest absolute Gasteiger partial charge is 0.366 e. The van der Waals surface area contributed by atoms with Crippen LogP contribution in [0.2, 0.25) is 0 Å². The Hall–Kier alpha value is -2.99. The summed E-state index contributed by atoms with van der Waals surface area (Å²) in [6.07, 6.45) is 0. The van der Waals surface area contributed by atoms with Crippen molar-refractivity contribution < 1.29 is 4.39 Å². The molecule has 5 nitrogen and oxygen atoms in total. The zero-order valence-electron chi connectivity index (χ0n) is 15.6. The van der Waals surface area contributed by atoms with Crippen molar-refractivity contribution in [3.05, 3.63) is 72.0 Å². The summed E-state index contributed by atoms with van der Waals surface area (Å²) in [4.78, 5) is 11.3. The molecule has 1 aromatic heterocycles. The molecule has 0 radical (unpaired) electrons. The van der Waals surface area contributed by atoms with Crippen LogP contribution in [0.5, 0.6) is 0 Å². The molecule has 0 atom stereocenters. The molecular formula is C21H24FN5. The van der Waals surface area contributed by atoms with Gasteiger partial charge in [0.15, 0.2) is 0 Å². The number of anilines is 2. The quantitative estimate of drug-likeness (QED) is 0.635. The van der Waals surface area contributed by atoms with E-state index < -0.39 is 0 Å². The summed E-state index contributed by atoms with van der Waals surface area (Å²) in [7, 11) is 4.05. The molecule has 0 fully saturated rings. The summed E-state index contributed by atoms with van der Waals surface area (Å²) >= 11 is 0. The van der Waals surface area contributed by atoms with Gasteiger partial charge in [0, 0.05) is 31.3 Å². The minimum Gasteiger partial charge on any atom is -0.366 e. The van der Waals surface area contributed by atoms with Gasteiger partial charge in [-0.05, 0) is 31.8 Å². The molecule has 27 heavy (non-hydrogen) atoms. The first-order valence-corrected chi connectivity index (χ1v) is 8.91. The number of halogens is 1. The topological polar surface area (TPSA) is 53.1 Å². The van der Waals surface area contributed by atoms with Gasteiger partial charge in [0.1, 0.15) is 11.6 Å². The lowest BCUT2D eigenvalue weighted by atomic mass is 10.1. The first-order valence-electron chi connectivity index (χ1n) is 8.91. The SMILES string of the molecule is CN(C)CCNc1nc(NCc2cccc(F)c2)cc(-c2ccccc2)n1. The maximum absolute atomic E-state index is 13.4. The van der Waals surface area contributed by atoms with Crippen LogP contribution < -0.4 is 10.6 Å². The summed E-state index contributed by atoms with van der Waals surface area (Å²) in [6, 6.07) is 18.4. The molecule has 0 amide bonds. The van der Waals surface area contributed by atoms with Crippen molar-refractivity contribution in [2.75, 3.05) is 37.8 Å². The summed E-state index contributed by atoms with van der Waals surface area (Å²) in [6.45, 7) is 2.11. The Morgan fingerprint density at radius 1 is 0.926 bits per heavy atom. The van der Waals surface area contributed by atoms with E-state index in [1.54, 1.807) is 6.07 Å². The third-order valence-corrected chi connectivity index (χ3v) is 4.00. The maximum Gasteiger partial charge on any atom is 0.225 e. The maximum atomic E-state index is 13.4. The van der Waals surface area contributed by atoms with Gasteiger partial charge < -0.3 is 15.5 Å². The Labute approximate surface area is 159 Å². The van der Waals surface area contributed by atoms with Crippen LogP contribution >= 0.6 is 0 Å². The Morgan fingerprint density at radius 3 is 2.48 bits per heavy atom. The third kappa shape index (κ3) is 5.76. The number of aromatic nitrogens is 2. The van der Waals surface area contributed by atoms with E-state index in [2.05, 4.69) is 25.5 Å². The van der Waals surface area contributed by atoms with Crippen LogP contribution in [0.3, 0.4) is 0 Å². The highest BCUT2D eigenvalue weighted by molar-refractivity contribution is 5.64. The van der Waals surface area contributed by atoms with Crippen LogP contribution in [0, 0.1) is 5.82 Å². The summed E-state index contributed by atoms with van der Waals surface area (Å²) < 4.78 is 13.4.